The van der Waals surface area contributed by atoms with E-state index in [2.05, 4.69) is 4.90 Å². The van der Waals surface area contributed by atoms with Crippen molar-refractivity contribution < 1.29 is 45.3 Å². The summed E-state index contributed by atoms with van der Waals surface area (Å²) in [5.41, 5.74) is -1.61. The lowest BCUT2D eigenvalue weighted by atomic mass is 9.79. The van der Waals surface area contributed by atoms with Crippen LogP contribution in [0.25, 0.3) is 11.1 Å². The zero-order valence-corrected chi connectivity index (χ0v) is 26.9. The first kappa shape index (κ1) is 34.4. The molecule has 1 aromatic heterocycles. The number of aryl methyl sites for hydroxylation is 1. The Morgan fingerprint density at radius 2 is 1.60 bits per heavy atom. The predicted molar refractivity (Wildman–Crippen MR) is 165 cm³/mol. The molecule has 0 saturated carbocycles. The summed E-state index contributed by atoms with van der Waals surface area (Å²) in [5, 5.41) is 10.3. The molecule has 4 unspecified atom stereocenters. The fourth-order valence-corrected chi connectivity index (χ4v) is 6.85. The van der Waals surface area contributed by atoms with Crippen LogP contribution in [0.1, 0.15) is 36.1 Å². The lowest BCUT2D eigenvalue weighted by Crippen LogP contribution is -2.63. The number of aliphatic hydroxyl groups is 1. The molecule has 4 heterocycles. The monoisotopic (exact) mass is 682 g/mol. The standard InChI is InChI=1S/C34H37F7N4O3/c1-19-9-23(35)5-6-26(19)27-13-29(45-16-25-18-47-8-7-44(25)15-24(45)17-46)42-14-28(27)43(4)31-30(48-31)32(2,3)20-10-21(33(36,37)38)12-22(11-20)34(39,40)41/h5-6,9-14,24-25,30-31,46H,7-8,15-18H2,1-4H3. The molecule has 7 nitrogen and oxygen atoms in total. The summed E-state index contributed by atoms with van der Waals surface area (Å²) in [6.45, 7) is 7.90. The normalized spacial score (nSPS) is 23.6. The molecule has 6 rings (SSSR count). The van der Waals surface area contributed by atoms with E-state index in [1.807, 2.05) is 11.0 Å². The molecule has 0 radical (unpaired) electrons. The van der Waals surface area contributed by atoms with E-state index in [1.54, 1.807) is 45.0 Å². The Labute approximate surface area is 273 Å². The highest BCUT2D eigenvalue weighted by Gasteiger charge is 2.54. The molecular weight excluding hydrogens is 645 g/mol. The molecule has 48 heavy (non-hydrogen) atoms. The molecule has 3 aliphatic heterocycles. The van der Waals surface area contributed by atoms with E-state index >= 15 is 0 Å². The van der Waals surface area contributed by atoms with Gasteiger partial charge in [0.25, 0.3) is 0 Å². The number of morpholine rings is 1. The Morgan fingerprint density at radius 1 is 0.938 bits per heavy atom. The SMILES string of the molecule is Cc1cc(F)ccc1-c1cc(N2CC3COCCN3CC2CO)ncc1N(C)C1OC1C(C)(C)c1cc(C(F)(F)F)cc(C(F)(F)F)c1. The molecule has 0 aliphatic carbocycles. The van der Waals surface area contributed by atoms with Gasteiger partial charge < -0.3 is 24.4 Å². The van der Waals surface area contributed by atoms with Gasteiger partial charge >= 0.3 is 12.4 Å². The first-order valence-corrected chi connectivity index (χ1v) is 15.6. The minimum atomic E-state index is -4.98. The van der Waals surface area contributed by atoms with Gasteiger partial charge in [0.2, 0.25) is 0 Å². The number of piperazine rings is 1. The molecule has 4 atom stereocenters. The molecule has 3 saturated heterocycles. The topological polar surface area (TPSA) is 64.6 Å². The summed E-state index contributed by atoms with van der Waals surface area (Å²) in [6.07, 6.45) is -9.82. The second-order valence-electron chi connectivity index (χ2n) is 13.3. The zero-order chi connectivity index (χ0) is 34.8. The van der Waals surface area contributed by atoms with Crippen molar-refractivity contribution in [2.75, 3.05) is 56.3 Å². The number of aromatic nitrogens is 1. The minimum Gasteiger partial charge on any atom is -0.394 e. The lowest BCUT2D eigenvalue weighted by molar-refractivity contribution is -0.143. The molecule has 14 heteroatoms. The van der Waals surface area contributed by atoms with Crippen LogP contribution in [0.4, 0.5) is 42.2 Å². The van der Waals surface area contributed by atoms with E-state index in [4.69, 9.17) is 14.5 Å². The number of alkyl halides is 6. The number of aliphatic hydroxyl groups excluding tert-OH is 1. The maximum absolute atomic E-state index is 14.2. The fourth-order valence-electron chi connectivity index (χ4n) is 6.85. The van der Waals surface area contributed by atoms with E-state index < -0.39 is 47.0 Å². The Balaban J connectivity index is 1.35. The van der Waals surface area contributed by atoms with Crippen LogP contribution in [0, 0.1) is 12.7 Å². The van der Waals surface area contributed by atoms with Crippen LogP contribution in [0.3, 0.4) is 0 Å². The van der Waals surface area contributed by atoms with Crippen LogP contribution >= 0.6 is 0 Å². The van der Waals surface area contributed by atoms with Crippen LogP contribution in [-0.2, 0) is 27.2 Å². The minimum absolute atomic E-state index is 0.101. The highest BCUT2D eigenvalue weighted by Crippen LogP contribution is 2.48. The maximum atomic E-state index is 14.2. The number of halogens is 7. The van der Waals surface area contributed by atoms with Crippen LogP contribution in [0.5, 0.6) is 0 Å². The third-order valence-electron chi connectivity index (χ3n) is 9.77. The molecule has 3 fully saturated rings. The van der Waals surface area contributed by atoms with Crippen LogP contribution < -0.4 is 9.80 Å². The van der Waals surface area contributed by atoms with E-state index in [0.29, 0.717) is 54.5 Å². The fraction of sp³-hybridized carbons (Fsp3) is 0.500. The highest BCUT2D eigenvalue weighted by atomic mass is 19.4. The number of rotatable bonds is 7. The van der Waals surface area contributed by atoms with Crippen molar-refractivity contribution in [2.45, 2.75) is 63.0 Å². The second kappa shape index (κ2) is 12.5. The average Bonchev–Trinajstić information content (AvgIpc) is 3.85. The zero-order valence-electron chi connectivity index (χ0n) is 26.9. The number of nitrogens with zero attached hydrogens (tertiary/aromatic N) is 4. The summed E-state index contributed by atoms with van der Waals surface area (Å²) in [5.74, 6) is 0.174. The smallest absolute Gasteiger partial charge is 0.394 e. The first-order valence-electron chi connectivity index (χ1n) is 15.6. The lowest BCUT2D eigenvalue weighted by Gasteiger charge is -2.48. The Kier molecular flexibility index (Phi) is 8.93. The summed E-state index contributed by atoms with van der Waals surface area (Å²) >= 11 is 0. The van der Waals surface area contributed by atoms with Crippen molar-refractivity contribution in [1.29, 1.82) is 0 Å². The number of fused-ring (bicyclic) bond motifs is 1. The number of hydrogen-bond donors (Lipinski definition) is 1. The largest absolute Gasteiger partial charge is 0.416 e. The number of hydrogen-bond acceptors (Lipinski definition) is 7. The molecule has 3 aromatic rings. The number of likely N-dealkylation sites (N-methyl/N-ethyl adjacent to an activating group) is 1. The van der Waals surface area contributed by atoms with Gasteiger partial charge in [-0.05, 0) is 60.0 Å². The second-order valence-corrected chi connectivity index (χ2v) is 13.3. The molecule has 260 valence electrons. The molecular formula is C34H37F7N4O3. The Bertz CT molecular complexity index is 1630. The molecule has 0 bridgehead atoms. The predicted octanol–water partition coefficient (Wildman–Crippen LogP) is 6.25. The van der Waals surface area contributed by atoms with Gasteiger partial charge in [-0.3, -0.25) is 4.90 Å². The summed E-state index contributed by atoms with van der Waals surface area (Å²) in [4.78, 5) is 10.8. The highest BCUT2D eigenvalue weighted by molar-refractivity contribution is 5.82. The van der Waals surface area contributed by atoms with Crippen LogP contribution in [0.2, 0.25) is 0 Å². The Hall–Kier alpha value is -3.46. The van der Waals surface area contributed by atoms with Gasteiger partial charge in [-0.25, -0.2) is 9.37 Å². The molecule has 1 N–H and O–H groups in total. The number of pyridine rings is 1. The van der Waals surface area contributed by atoms with Gasteiger partial charge in [-0.15, -0.1) is 0 Å². The van der Waals surface area contributed by atoms with Gasteiger partial charge in [-0.2, -0.15) is 26.3 Å². The first-order chi connectivity index (χ1) is 22.5. The van der Waals surface area contributed by atoms with Crippen molar-refractivity contribution in [3.05, 3.63) is 76.7 Å². The quantitative estimate of drug-likeness (QED) is 0.234. The van der Waals surface area contributed by atoms with Crippen LogP contribution in [-0.4, -0.2) is 85.9 Å². The third-order valence-corrected chi connectivity index (χ3v) is 9.77. The Morgan fingerprint density at radius 3 is 2.23 bits per heavy atom. The molecule has 0 amide bonds. The third kappa shape index (κ3) is 6.59. The van der Waals surface area contributed by atoms with E-state index in [1.165, 1.54) is 12.1 Å². The van der Waals surface area contributed by atoms with Crippen molar-refractivity contribution in [2.24, 2.45) is 0 Å². The number of epoxide rings is 1. The van der Waals surface area contributed by atoms with E-state index in [0.717, 1.165) is 18.7 Å². The maximum Gasteiger partial charge on any atom is 0.416 e. The van der Waals surface area contributed by atoms with E-state index in [9.17, 15) is 35.8 Å². The molecule has 2 aromatic carbocycles. The van der Waals surface area contributed by atoms with Gasteiger partial charge in [0, 0.05) is 37.7 Å². The number of benzene rings is 2. The average molecular weight is 683 g/mol. The number of ether oxygens (including phenoxy) is 2. The number of anilines is 2. The van der Waals surface area contributed by atoms with E-state index in [-0.39, 0.29) is 30.3 Å². The van der Waals surface area contributed by atoms with Gasteiger partial charge in [0.15, 0.2) is 6.23 Å². The van der Waals surface area contributed by atoms with Crippen molar-refractivity contribution >= 4 is 11.5 Å². The summed E-state index contributed by atoms with van der Waals surface area (Å²) in [7, 11) is 1.71. The van der Waals surface area contributed by atoms with Gasteiger partial charge in [0.05, 0.1) is 54.9 Å². The van der Waals surface area contributed by atoms with Crippen molar-refractivity contribution in [3.63, 3.8) is 0 Å². The van der Waals surface area contributed by atoms with Gasteiger partial charge in [-0.1, -0.05) is 19.9 Å². The summed E-state index contributed by atoms with van der Waals surface area (Å²) < 4.78 is 108. The molecule has 3 aliphatic rings. The van der Waals surface area contributed by atoms with Crippen molar-refractivity contribution in [1.82, 2.24) is 9.88 Å². The van der Waals surface area contributed by atoms with Gasteiger partial charge in [0.1, 0.15) is 17.7 Å². The van der Waals surface area contributed by atoms with Crippen molar-refractivity contribution in [3.8, 4) is 11.1 Å². The van der Waals surface area contributed by atoms with Crippen LogP contribution in [0.15, 0.2) is 48.7 Å². The summed E-state index contributed by atoms with van der Waals surface area (Å²) in [6, 6.07) is 7.73. The molecule has 0 spiro atoms.